The topological polar surface area (TPSA) is 123 Å². The van der Waals surface area contributed by atoms with Gasteiger partial charge in [-0.3, -0.25) is 9.69 Å². The number of aromatic nitrogens is 4. The van der Waals surface area contributed by atoms with E-state index < -0.39 is 0 Å². The summed E-state index contributed by atoms with van der Waals surface area (Å²) >= 11 is 0. The van der Waals surface area contributed by atoms with Crippen LogP contribution in [0.15, 0.2) is 18.3 Å². The summed E-state index contributed by atoms with van der Waals surface area (Å²) in [4.78, 5) is 36.6. The fourth-order valence-corrected chi connectivity index (χ4v) is 3.95. The van der Waals surface area contributed by atoms with Gasteiger partial charge < -0.3 is 25.0 Å². The number of morpholine rings is 1. The molecule has 4 rings (SSSR count). The molecule has 33 heavy (non-hydrogen) atoms. The van der Waals surface area contributed by atoms with Crippen molar-refractivity contribution in [3.8, 4) is 11.4 Å². The number of hydrogen-bond acceptors (Lipinski definition) is 11. The highest BCUT2D eigenvalue weighted by Gasteiger charge is 2.23. The van der Waals surface area contributed by atoms with Gasteiger partial charge in [0.15, 0.2) is 5.82 Å². The average Bonchev–Trinajstić information content (AvgIpc) is 2.87. The Kier molecular flexibility index (Phi) is 7.84. The molecule has 0 spiro atoms. The number of nitrogens with zero attached hydrogens (tertiary/aromatic N) is 7. The predicted octanol–water partition coefficient (Wildman–Crippen LogP) is 0.818. The predicted molar refractivity (Wildman–Crippen MR) is 125 cm³/mol. The van der Waals surface area contributed by atoms with Crippen LogP contribution in [0.25, 0.3) is 11.4 Å². The van der Waals surface area contributed by atoms with Gasteiger partial charge in [-0.05, 0) is 31.5 Å². The summed E-state index contributed by atoms with van der Waals surface area (Å²) in [6, 6.07) is 3.64. The number of carbonyl (C=O) groups is 1. The molecule has 0 saturated carbocycles. The first-order valence-electron chi connectivity index (χ1n) is 11.5. The third-order valence-corrected chi connectivity index (χ3v) is 5.94. The molecule has 2 aromatic rings. The van der Waals surface area contributed by atoms with Gasteiger partial charge in [0.1, 0.15) is 5.82 Å². The van der Waals surface area contributed by atoms with Gasteiger partial charge in [0.2, 0.25) is 11.9 Å². The number of unbranched alkanes of at least 4 members (excludes halogenated alkanes) is 1. The molecule has 2 aliphatic heterocycles. The zero-order valence-electron chi connectivity index (χ0n) is 19.1. The zero-order chi connectivity index (χ0) is 23.0. The minimum Gasteiger partial charge on any atom is -0.469 e. The second-order valence-electron chi connectivity index (χ2n) is 8.19. The second kappa shape index (κ2) is 11.2. The largest absolute Gasteiger partial charge is 0.469 e. The first kappa shape index (κ1) is 23.1. The first-order valence-corrected chi connectivity index (χ1v) is 11.5. The van der Waals surface area contributed by atoms with E-state index in [1.54, 1.807) is 12.3 Å². The van der Waals surface area contributed by atoms with Crippen LogP contribution in [0.3, 0.4) is 0 Å². The summed E-state index contributed by atoms with van der Waals surface area (Å²) in [5, 5.41) is 0. The highest BCUT2D eigenvalue weighted by molar-refractivity contribution is 5.69. The van der Waals surface area contributed by atoms with Crippen LogP contribution in [0.1, 0.15) is 19.3 Å². The van der Waals surface area contributed by atoms with Crippen molar-refractivity contribution in [1.82, 2.24) is 24.8 Å². The van der Waals surface area contributed by atoms with Gasteiger partial charge in [-0.2, -0.15) is 15.0 Å². The van der Waals surface area contributed by atoms with Crippen molar-refractivity contribution in [3.05, 3.63) is 18.3 Å². The Morgan fingerprint density at radius 2 is 1.70 bits per heavy atom. The van der Waals surface area contributed by atoms with Crippen molar-refractivity contribution in [2.45, 2.75) is 19.3 Å². The Labute approximate surface area is 193 Å². The van der Waals surface area contributed by atoms with Crippen LogP contribution in [0.4, 0.5) is 17.7 Å². The molecular formula is C22H32N8O3. The fourth-order valence-electron chi connectivity index (χ4n) is 3.95. The van der Waals surface area contributed by atoms with Crippen molar-refractivity contribution >= 4 is 23.7 Å². The number of hydrogen-bond donors (Lipinski definition) is 1. The Morgan fingerprint density at radius 1 is 1.00 bits per heavy atom. The molecule has 2 fully saturated rings. The van der Waals surface area contributed by atoms with E-state index in [0.717, 1.165) is 64.2 Å². The van der Waals surface area contributed by atoms with Crippen molar-refractivity contribution in [2.75, 3.05) is 81.7 Å². The lowest BCUT2D eigenvalue weighted by molar-refractivity contribution is -0.140. The average molecular weight is 457 g/mol. The van der Waals surface area contributed by atoms with Crippen LogP contribution in [0, 0.1) is 0 Å². The summed E-state index contributed by atoms with van der Waals surface area (Å²) in [5.41, 5.74) is 6.57. The maximum atomic E-state index is 11.3. The summed E-state index contributed by atoms with van der Waals surface area (Å²) in [6.07, 6.45) is 4.01. The lowest BCUT2D eigenvalue weighted by atomic mass is 10.2. The van der Waals surface area contributed by atoms with E-state index in [9.17, 15) is 4.79 Å². The molecule has 2 aromatic heterocycles. The number of piperazine rings is 1. The molecule has 0 aromatic carbocycles. The minimum atomic E-state index is -0.141. The number of esters is 1. The summed E-state index contributed by atoms with van der Waals surface area (Å²) in [5.74, 6) is 2.27. The maximum Gasteiger partial charge on any atom is 0.305 e. The quantitative estimate of drug-likeness (QED) is 0.448. The molecule has 11 nitrogen and oxygen atoms in total. The van der Waals surface area contributed by atoms with Crippen molar-refractivity contribution in [2.24, 2.45) is 0 Å². The lowest BCUT2D eigenvalue weighted by Gasteiger charge is -2.35. The molecule has 2 saturated heterocycles. The Bertz CT molecular complexity index is 912. The zero-order valence-corrected chi connectivity index (χ0v) is 19.1. The monoisotopic (exact) mass is 456 g/mol. The number of methoxy groups -OCH3 is 1. The molecule has 0 bridgehead atoms. The van der Waals surface area contributed by atoms with Gasteiger partial charge in [0.05, 0.1) is 20.3 Å². The Hall–Kier alpha value is -3.05. The summed E-state index contributed by atoms with van der Waals surface area (Å²) < 4.78 is 10.2. The number of nitrogen functional groups attached to an aromatic ring is 1. The molecule has 0 radical (unpaired) electrons. The van der Waals surface area contributed by atoms with Crippen LogP contribution >= 0.6 is 0 Å². The van der Waals surface area contributed by atoms with Gasteiger partial charge in [0.25, 0.3) is 0 Å². The van der Waals surface area contributed by atoms with Crippen LogP contribution in [0.2, 0.25) is 0 Å². The van der Waals surface area contributed by atoms with E-state index in [-0.39, 0.29) is 5.97 Å². The summed E-state index contributed by atoms with van der Waals surface area (Å²) in [6.45, 7) is 7.33. The van der Waals surface area contributed by atoms with E-state index >= 15 is 0 Å². The van der Waals surface area contributed by atoms with Crippen LogP contribution in [-0.4, -0.2) is 96.9 Å². The number of ether oxygens (including phenoxy) is 2. The van der Waals surface area contributed by atoms with Crippen molar-refractivity contribution in [3.63, 3.8) is 0 Å². The van der Waals surface area contributed by atoms with E-state index in [0.29, 0.717) is 43.2 Å². The molecule has 11 heteroatoms. The number of carbonyl (C=O) groups excluding carboxylic acids is 1. The molecule has 4 heterocycles. The number of pyridine rings is 1. The normalized spacial score (nSPS) is 17.2. The van der Waals surface area contributed by atoms with E-state index in [1.165, 1.54) is 7.11 Å². The van der Waals surface area contributed by atoms with Gasteiger partial charge in [0, 0.05) is 57.4 Å². The lowest BCUT2D eigenvalue weighted by Crippen LogP contribution is -2.47. The van der Waals surface area contributed by atoms with Crippen molar-refractivity contribution < 1.29 is 14.3 Å². The highest BCUT2D eigenvalue weighted by Crippen LogP contribution is 2.23. The van der Waals surface area contributed by atoms with E-state index in [2.05, 4.69) is 19.7 Å². The molecule has 0 amide bonds. The van der Waals surface area contributed by atoms with Gasteiger partial charge in [-0.15, -0.1) is 0 Å². The van der Waals surface area contributed by atoms with Gasteiger partial charge in [-0.25, -0.2) is 4.98 Å². The molecule has 2 aliphatic rings. The first-order chi connectivity index (χ1) is 16.1. The third-order valence-electron chi connectivity index (χ3n) is 5.94. The maximum absolute atomic E-state index is 11.3. The number of rotatable bonds is 8. The molecule has 0 atom stereocenters. The summed E-state index contributed by atoms with van der Waals surface area (Å²) in [7, 11) is 1.43. The standard InChI is InChI=1S/C22H32N8O3/c1-32-19(31)4-2-3-7-28-8-10-29(11-9-28)21-25-20(17-5-6-18(23)24-16-17)26-22(27-21)30-12-14-33-15-13-30/h5-6,16H,2-4,7-15H2,1H3,(H2,23,24). The molecule has 178 valence electrons. The molecule has 0 aliphatic carbocycles. The molecule has 2 N–H and O–H groups in total. The van der Waals surface area contributed by atoms with E-state index in [4.69, 9.17) is 30.2 Å². The molecule has 0 unspecified atom stereocenters. The van der Waals surface area contributed by atoms with Gasteiger partial charge in [-0.1, -0.05) is 0 Å². The second-order valence-corrected chi connectivity index (χ2v) is 8.19. The minimum absolute atomic E-state index is 0.141. The van der Waals surface area contributed by atoms with Crippen LogP contribution in [-0.2, 0) is 14.3 Å². The van der Waals surface area contributed by atoms with Crippen LogP contribution < -0.4 is 15.5 Å². The smallest absolute Gasteiger partial charge is 0.305 e. The number of nitrogens with two attached hydrogens (primary N) is 1. The molecular weight excluding hydrogens is 424 g/mol. The van der Waals surface area contributed by atoms with Crippen molar-refractivity contribution in [1.29, 1.82) is 0 Å². The Balaban J connectivity index is 1.43. The SMILES string of the molecule is COC(=O)CCCCN1CCN(c2nc(-c3ccc(N)nc3)nc(N3CCOCC3)n2)CC1. The Morgan fingerprint density at radius 3 is 2.33 bits per heavy atom. The van der Waals surface area contributed by atoms with Crippen LogP contribution in [0.5, 0.6) is 0 Å². The third kappa shape index (κ3) is 6.26. The fraction of sp³-hybridized carbons (Fsp3) is 0.591. The highest BCUT2D eigenvalue weighted by atomic mass is 16.5. The number of anilines is 3. The van der Waals surface area contributed by atoms with E-state index in [1.807, 2.05) is 6.07 Å². The van der Waals surface area contributed by atoms with Gasteiger partial charge >= 0.3 is 5.97 Å².